The fourth-order valence-corrected chi connectivity index (χ4v) is 2.13. The van der Waals surface area contributed by atoms with Crippen molar-refractivity contribution in [2.75, 3.05) is 0 Å². The summed E-state index contributed by atoms with van der Waals surface area (Å²) in [5.74, 6) is 0. The summed E-state index contributed by atoms with van der Waals surface area (Å²) in [5, 5.41) is 0. The normalized spacial score (nSPS) is 12.0. The van der Waals surface area contributed by atoms with Crippen LogP contribution in [0.1, 0.15) is 11.1 Å². The molecule has 102 valence electrons. The lowest BCUT2D eigenvalue weighted by molar-refractivity contribution is -0.137. The van der Waals surface area contributed by atoms with Crippen molar-refractivity contribution in [3.8, 4) is 11.1 Å². The second-order valence-electron chi connectivity index (χ2n) is 4.66. The van der Waals surface area contributed by atoms with Crippen molar-refractivity contribution in [1.29, 1.82) is 0 Å². The van der Waals surface area contributed by atoms with E-state index in [9.17, 15) is 13.2 Å². The Kier molecular flexibility index (Phi) is 2.78. The molecule has 20 heavy (non-hydrogen) atoms. The van der Waals surface area contributed by atoms with Crippen molar-refractivity contribution in [1.82, 2.24) is 9.38 Å². The highest BCUT2D eigenvalue weighted by atomic mass is 19.4. The van der Waals surface area contributed by atoms with E-state index in [2.05, 4.69) is 4.98 Å². The first kappa shape index (κ1) is 12.7. The molecule has 2 nitrogen and oxygen atoms in total. The van der Waals surface area contributed by atoms with E-state index in [4.69, 9.17) is 0 Å². The molecular weight excluding hydrogens is 265 g/mol. The molecule has 0 amide bonds. The molecule has 0 atom stereocenters. The van der Waals surface area contributed by atoms with Gasteiger partial charge in [0.05, 0.1) is 5.56 Å². The van der Waals surface area contributed by atoms with Gasteiger partial charge in [0.25, 0.3) is 0 Å². The fraction of sp³-hybridized carbons (Fsp3) is 0.133. The van der Waals surface area contributed by atoms with Crippen LogP contribution in [0.4, 0.5) is 13.2 Å². The van der Waals surface area contributed by atoms with Crippen LogP contribution in [0.3, 0.4) is 0 Å². The van der Waals surface area contributed by atoms with Gasteiger partial charge >= 0.3 is 6.18 Å². The smallest absolute Gasteiger partial charge is 0.306 e. The lowest BCUT2D eigenvalue weighted by Crippen LogP contribution is -2.07. The summed E-state index contributed by atoms with van der Waals surface area (Å²) >= 11 is 0. The lowest BCUT2D eigenvalue weighted by Gasteiger charge is -2.11. The third-order valence-corrected chi connectivity index (χ3v) is 3.18. The average Bonchev–Trinajstić information content (AvgIpc) is 2.85. The highest BCUT2D eigenvalue weighted by Crippen LogP contribution is 2.34. The van der Waals surface area contributed by atoms with Gasteiger partial charge in [0.2, 0.25) is 0 Å². The van der Waals surface area contributed by atoms with Crippen LogP contribution in [0.2, 0.25) is 0 Å². The van der Waals surface area contributed by atoms with E-state index >= 15 is 0 Å². The Hall–Kier alpha value is -2.30. The molecule has 5 heteroatoms. The maximum Gasteiger partial charge on any atom is 0.417 e. The Morgan fingerprint density at radius 2 is 1.80 bits per heavy atom. The molecule has 2 aromatic heterocycles. The van der Waals surface area contributed by atoms with Crippen molar-refractivity contribution in [2.45, 2.75) is 13.1 Å². The number of alkyl halides is 3. The molecule has 0 spiro atoms. The van der Waals surface area contributed by atoms with Crippen LogP contribution in [0.25, 0.3) is 16.8 Å². The fourth-order valence-electron chi connectivity index (χ4n) is 2.13. The van der Waals surface area contributed by atoms with Gasteiger partial charge < -0.3 is 4.40 Å². The number of aromatic nitrogens is 2. The molecule has 0 saturated heterocycles. The van der Waals surface area contributed by atoms with Crippen molar-refractivity contribution in [3.05, 3.63) is 60.0 Å². The third kappa shape index (κ3) is 2.15. The van der Waals surface area contributed by atoms with Gasteiger partial charge in [-0.2, -0.15) is 13.2 Å². The second kappa shape index (κ2) is 4.37. The first-order valence-corrected chi connectivity index (χ1v) is 6.06. The van der Waals surface area contributed by atoms with Crippen molar-refractivity contribution >= 4 is 5.65 Å². The van der Waals surface area contributed by atoms with E-state index in [-0.39, 0.29) is 0 Å². The largest absolute Gasteiger partial charge is 0.417 e. The summed E-state index contributed by atoms with van der Waals surface area (Å²) in [5.41, 5.74) is 2.09. The van der Waals surface area contributed by atoms with E-state index in [1.165, 1.54) is 16.8 Å². The molecule has 3 rings (SSSR count). The zero-order valence-electron chi connectivity index (χ0n) is 10.6. The van der Waals surface area contributed by atoms with Crippen molar-refractivity contribution < 1.29 is 13.2 Å². The molecule has 0 radical (unpaired) electrons. The second-order valence-corrected chi connectivity index (χ2v) is 4.66. The van der Waals surface area contributed by atoms with Gasteiger partial charge in [0.15, 0.2) is 0 Å². The van der Waals surface area contributed by atoms with E-state index < -0.39 is 11.7 Å². The SMILES string of the molecule is Cc1ccc(-c2cc(C(F)(F)F)cn3ccnc23)cc1. The first-order valence-electron chi connectivity index (χ1n) is 6.06. The highest BCUT2D eigenvalue weighted by Gasteiger charge is 2.32. The van der Waals surface area contributed by atoms with E-state index in [0.29, 0.717) is 11.2 Å². The summed E-state index contributed by atoms with van der Waals surface area (Å²) in [6.07, 6.45) is -0.312. The maximum absolute atomic E-state index is 12.9. The van der Waals surface area contributed by atoms with Crippen LogP contribution in [0.15, 0.2) is 48.9 Å². The molecule has 3 aromatic rings. The molecule has 1 aromatic carbocycles. The number of hydrogen-bond donors (Lipinski definition) is 0. The number of nitrogens with zero attached hydrogens (tertiary/aromatic N) is 2. The van der Waals surface area contributed by atoms with Gasteiger partial charge in [-0.25, -0.2) is 4.98 Å². The van der Waals surface area contributed by atoms with Gasteiger partial charge in [-0.1, -0.05) is 29.8 Å². The number of pyridine rings is 1. The maximum atomic E-state index is 12.9. The van der Waals surface area contributed by atoms with Crippen LogP contribution in [-0.2, 0) is 6.18 Å². The Morgan fingerprint density at radius 3 is 2.45 bits per heavy atom. The minimum Gasteiger partial charge on any atom is -0.306 e. The molecule has 0 bridgehead atoms. The van der Waals surface area contributed by atoms with Gasteiger partial charge in [0.1, 0.15) is 5.65 Å². The van der Waals surface area contributed by atoms with Gasteiger partial charge in [-0.05, 0) is 18.6 Å². The zero-order valence-corrected chi connectivity index (χ0v) is 10.6. The van der Waals surface area contributed by atoms with Crippen LogP contribution >= 0.6 is 0 Å². The van der Waals surface area contributed by atoms with E-state index in [1.54, 1.807) is 12.1 Å². The molecular formula is C15H11F3N2. The molecule has 0 aliphatic rings. The number of fused-ring (bicyclic) bond motifs is 1. The molecule has 0 N–H and O–H groups in total. The minimum absolute atomic E-state index is 0.477. The first-order chi connectivity index (χ1) is 9.45. The zero-order chi connectivity index (χ0) is 14.3. The number of aryl methyl sites for hydroxylation is 1. The Labute approximate surface area is 113 Å². The van der Waals surface area contributed by atoms with Gasteiger partial charge in [0, 0.05) is 24.2 Å². The van der Waals surface area contributed by atoms with Crippen LogP contribution in [-0.4, -0.2) is 9.38 Å². The quantitative estimate of drug-likeness (QED) is 0.646. The van der Waals surface area contributed by atoms with Crippen LogP contribution in [0, 0.1) is 6.92 Å². The number of imidazole rings is 1. The minimum atomic E-state index is -4.38. The van der Waals surface area contributed by atoms with Gasteiger partial charge in [-0.3, -0.25) is 0 Å². The van der Waals surface area contributed by atoms with Gasteiger partial charge in [-0.15, -0.1) is 0 Å². The number of hydrogen-bond acceptors (Lipinski definition) is 1. The predicted octanol–water partition coefficient (Wildman–Crippen LogP) is 4.33. The highest BCUT2D eigenvalue weighted by molar-refractivity contribution is 5.78. The molecule has 0 fully saturated rings. The topological polar surface area (TPSA) is 17.3 Å². The monoisotopic (exact) mass is 276 g/mol. The summed E-state index contributed by atoms with van der Waals surface area (Å²) in [6, 6.07) is 8.50. The lowest BCUT2D eigenvalue weighted by atomic mass is 10.0. The number of rotatable bonds is 1. The third-order valence-electron chi connectivity index (χ3n) is 3.18. The number of halogens is 3. The van der Waals surface area contributed by atoms with E-state index in [1.807, 2.05) is 19.1 Å². The van der Waals surface area contributed by atoms with Crippen LogP contribution in [0.5, 0.6) is 0 Å². The Balaban J connectivity index is 2.27. The molecule has 0 aliphatic carbocycles. The molecule has 2 heterocycles. The van der Waals surface area contributed by atoms with Crippen molar-refractivity contribution in [3.63, 3.8) is 0 Å². The number of benzene rings is 1. The Bertz CT molecular complexity index is 755. The summed E-state index contributed by atoms with van der Waals surface area (Å²) in [7, 11) is 0. The summed E-state index contributed by atoms with van der Waals surface area (Å²) in [4.78, 5) is 4.14. The predicted molar refractivity (Wildman–Crippen MR) is 70.4 cm³/mol. The average molecular weight is 276 g/mol. The molecule has 0 aliphatic heterocycles. The standard InChI is InChI=1S/C15H11F3N2/c1-10-2-4-11(5-3-10)13-8-12(15(16,17)18)9-20-7-6-19-14(13)20/h2-9H,1H3. The summed E-state index contributed by atoms with van der Waals surface area (Å²) < 4.78 is 40.2. The summed E-state index contributed by atoms with van der Waals surface area (Å²) in [6.45, 7) is 1.93. The van der Waals surface area contributed by atoms with E-state index in [0.717, 1.165) is 23.4 Å². The Morgan fingerprint density at radius 1 is 1.10 bits per heavy atom. The van der Waals surface area contributed by atoms with Crippen molar-refractivity contribution in [2.24, 2.45) is 0 Å². The molecule has 0 unspecified atom stereocenters. The molecule has 0 saturated carbocycles. The van der Waals surface area contributed by atoms with Crippen LogP contribution < -0.4 is 0 Å².